The Kier molecular flexibility index (Phi) is 5.88. The lowest BCUT2D eigenvalue weighted by atomic mass is 10.2. The second-order valence-corrected chi connectivity index (χ2v) is 7.32. The van der Waals surface area contributed by atoms with Crippen molar-refractivity contribution in [3.8, 4) is 10.6 Å². The van der Waals surface area contributed by atoms with Gasteiger partial charge in [0.05, 0.1) is 5.69 Å². The van der Waals surface area contributed by atoms with Crippen LogP contribution in [0.15, 0.2) is 48.5 Å². The number of hydrogen-bond acceptors (Lipinski definition) is 5. The fraction of sp³-hybridized carbons (Fsp3) is 0.150. The number of esters is 1. The van der Waals surface area contributed by atoms with Crippen LogP contribution >= 0.6 is 22.9 Å². The van der Waals surface area contributed by atoms with Gasteiger partial charge < -0.3 is 10.1 Å². The molecule has 5 nitrogen and oxygen atoms in total. The van der Waals surface area contributed by atoms with E-state index < -0.39 is 11.9 Å². The van der Waals surface area contributed by atoms with Crippen LogP contribution in [0.1, 0.15) is 20.9 Å². The summed E-state index contributed by atoms with van der Waals surface area (Å²) in [5.41, 5.74) is 2.96. The number of thiazole rings is 1. The summed E-state index contributed by atoms with van der Waals surface area (Å²) < 4.78 is 5.15. The quantitative estimate of drug-likeness (QED) is 0.620. The number of benzene rings is 2. The number of aryl methyl sites for hydroxylation is 2. The Morgan fingerprint density at radius 2 is 1.89 bits per heavy atom. The molecule has 0 aliphatic carbocycles. The van der Waals surface area contributed by atoms with Crippen LogP contribution in [0.2, 0.25) is 5.02 Å². The average molecular weight is 401 g/mol. The summed E-state index contributed by atoms with van der Waals surface area (Å²) in [5, 5.41) is 4.03. The molecule has 0 saturated carbocycles. The van der Waals surface area contributed by atoms with E-state index in [1.54, 1.807) is 25.1 Å². The van der Waals surface area contributed by atoms with Gasteiger partial charge in [-0.25, -0.2) is 9.78 Å². The molecule has 3 rings (SSSR count). The molecule has 1 aromatic heterocycles. The van der Waals surface area contributed by atoms with Crippen LogP contribution in [-0.2, 0) is 9.53 Å². The van der Waals surface area contributed by atoms with E-state index in [4.69, 9.17) is 16.3 Å². The van der Waals surface area contributed by atoms with Crippen LogP contribution in [0.25, 0.3) is 10.6 Å². The summed E-state index contributed by atoms with van der Waals surface area (Å²) in [4.78, 5) is 29.2. The molecule has 2 aromatic carbocycles. The molecule has 3 aromatic rings. The van der Waals surface area contributed by atoms with Crippen molar-refractivity contribution in [3.63, 3.8) is 0 Å². The zero-order valence-electron chi connectivity index (χ0n) is 14.8. The van der Waals surface area contributed by atoms with Gasteiger partial charge >= 0.3 is 5.97 Å². The minimum Gasteiger partial charge on any atom is -0.451 e. The van der Waals surface area contributed by atoms with Crippen molar-refractivity contribution in [3.05, 3.63) is 69.7 Å². The van der Waals surface area contributed by atoms with Gasteiger partial charge in [-0.3, -0.25) is 4.79 Å². The van der Waals surface area contributed by atoms with Gasteiger partial charge in [0.25, 0.3) is 5.91 Å². The lowest BCUT2D eigenvalue weighted by molar-refractivity contribution is -0.119. The summed E-state index contributed by atoms with van der Waals surface area (Å²) >= 11 is 7.15. The molecule has 0 fully saturated rings. The van der Waals surface area contributed by atoms with Gasteiger partial charge in [0.1, 0.15) is 9.88 Å². The zero-order chi connectivity index (χ0) is 19.4. The van der Waals surface area contributed by atoms with Gasteiger partial charge in [0.15, 0.2) is 6.61 Å². The van der Waals surface area contributed by atoms with E-state index in [1.165, 1.54) is 11.3 Å². The molecule has 0 aliphatic rings. The summed E-state index contributed by atoms with van der Waals surface area (Å²) in [5.74, 6) is -0.977. The zero-order valence-corrected chi connectivity index (χ0v) is 16.4. The molecule has 1 N–H and O–H groups in total. The number of nitrogens with zero attached hydrogens (tertiary/aromatic N) is 1. The Balaban J connectivity index is 1.62. The van der Waals surface area contributed by atoms with Crippen LogP contribution in [0.5, 0.6) is 0 Å². The molecule has 7 heteroatoms. The van der Waals surface area contributed by atoms with Crippen LogP contribution in [0.4, 0.5) is 5.69 Å². The van der Waals surface area contributed by atoms with Crippen LogP contribution in [-0.4, -0.2) is 23.5 Å². The minimum atomic E-state index is -0.560. The number of rotatable bonds is 5. The smallest absolute Gasteiger partial charge is 0.350 e. The topological polar surface area (TPSA) is 68.3 Å². The van der Waals surface area contributed by atoms with Crippen molar-refractivity contribution in [2.75, 3.05) is 11.9 Å². The lowest BCUT2D eigenvalue weighted by Gasteiger charge is -2.09. The second-order valence-electron chi connectivity index (χ2n) is 5.88. The summed E-state index contributed by atoms with van der Waals surface area (Å²) in [6.07, 6.45) is 0. The third kappa shape index (κ3) is 4.72. The SMILES string of the molecule is Cc1cc(Cl)ccc1NC(=O)COC(=O)c1sc(-c2ccccc2)nc1C. The molecule has 0 spiro atoms. The first-order valence-corrected chi connectivity index (χ1v) is 9.39. The molecule has 1 heterocycles. The Morgan fingerprint density at radius 3 is 2.59 bits per heavy atom. The maximum Gasteiger partial charge on any atom is 0.350 e. The van der Waals surface area contributed by atoms with E-state index in [0.29, 0.717) is 21.3 Å². The number of carbonyl (C=O) groups excluding carboxylic acids is 2. The monoisotopic (exact) mass is 400 g/mol. The first-order valence-electron chi connectivity index (χ1n) is 8.20. The van der Waals surface area contributed by atoms with Crippen molar-refractivity contribution < 1.29 is 14.3 Å². The van der Waals surface area contributed by atoms with Crippen molar-refractivity contribution in [2.24, 2.45) is 0 Å². The summed E-state index contributed by atoms with van der Waals surface area (Å²) in [6.45, 7) is 3.20. The second kappa shape index (κ2) is 8.33. The van der Waals surface area contributed by atoms with E-state index >= 15 is 0 Å². The molecular formula is C20H17ClN2O3S. The molecular weight excluding hydrogens is 384 g/mol. The van der Waals surface area contributed by atoms with Crippen LogP contribution < -0.4 is 5.32 Å². The number of aromatic nitrogens is 1. The number of hydrogen-bond donors (Lipinski definition) is 1. The fourth-order valence-corrected chi connectivity index (χ4v) is 3.63. The standard InChI is InChI=1S/C20H17ClN2O3S/c1-12-10-15(21)8-9-16(12)23-17(24)11-26-20(25)18-13(2)22-19(27-18)14-6-4-3-5-7-14/h3-10H,11H2,1-2H3,(H,23,24). The Bertz CT molecular complexity index is 986. The van der Waals surface area contributed by atoms with Gasteiger partial charge in [0, 0.05) is 16.3 Å². The Labute approximate surface area is 166 Å². The first-order chi connectivity index (χ1) is 12.9. The van der Waals surface area contributed by atoms with Gasteiger partial charge in [-0.15, -0.1) is 11.3 Å². The molecule has 0 atom stereocenters. The molecule has 138 valence electrons. The van der Waals surface area contributed by atoms with Gasteiger partial charge in [0.2, 0.25) is 0 Å². The Hall–Kier alpha value is -2.70. The van der Waals surface area contributed by atoms with E-state index in [1.807, 2.05) is 37.3 Å². The number of carbonyl (C=O) groups is 2. The highest BCUT2D eigenvalue weighted by molar-refractivity contribution is 7.17. The highest BCUT2D eigenvalue weighted by atomic mass is 35.5. The van der Waals surface area contributed by atoms with Crippen LogP contribution in [0, 0.1) is 13.8 Å². The van der Waals surface area contributed by atoms with Crippen molar-refractivity contribution in [2.45, 2.75) is 13.8 Å². The molecule has 0 saturated heterocycles. The number of halogens is 1. The Morgan fingerprint density at radius 1 is 1.15 bits per heavy atom. The van der Waals surface area contributed by atoms with Crippen LogP contribution in [0.3, 0.4) is 0 Å². The van der Waals surface area contributed by atoms with E-state index in [2.05, 4.69) is 10.3 Å². The van der Waals surface area contributed by atoms with E-state index in [9.17, 15) is 9.59 Å². The minimum absolute atomic E-state index is 0.376. The van der Waals surface area contributed by atoms with E-state index in [-0.39, 0.29) is 6.61 Å². The van der Waals surface area contributed by atoms with Crippen molar-refractivity contribution in [1.29, 1.82) is 0 Å². The molecule has 1 amide bonds. The third-order valence-corrected chi connectivity index (χ3v) is 5.22. The highest BCUT2D eigenvalue weighted by Crippen LogP contribution is 2.28. The maximum absolute atomic E-state index is 12.3. The predicted octanol–water partition coefficient (Wildman–Crippen LogP) is 4.88. The molecule has 0 radical (unpaired) electrons. The van der Waals surface area contributed by atoms with Gasteiger partial charge in [-0.2, -0.15) is 0 Å². The maximum atomic E-state index is 12.3. The number of amides is 1. The lowest BCUT2D eigenvalue weighted by Crippen LogP contribution is -2.21. The third-order valence-electron chi connectivity index (χ3n) is 3.80. The van der Waals surface area contributed by atoms with Crippen molar-refractivity contribution >= 4 is 40.5 Å². The van der Waals surface area contributed by atoms with Gasteiger partial charge in [-0.05, 0) is 37.6 Å². The number of ether oxygens (including phenoxy) is 1. The normalized spacial score (nSPS) is 10.5. The predicted molar refractivity (Wildman–Crippen MR) is 107 cm³/mol. The molecule has 0 bridgehead atoms. The largest absolute Gasteiger partial charge is 0.451 e. The average Bonchev–Trinajstić information content (AvgIpc) is 3.05. The summed E-state index contributed by atoms with van der Waals surface area (Å²) in [6, 6.07) is 14.7. The number of anilines is 1. The first kappa shape index (κ1) is 19.1. The van der Waals surface area contributed by atoms with Gasteiger partial charge in [-0.1, -0.05) is 41.9 Å². The highest BCUT2D eigenvalue weighted by Gasteiger charge is 2.18. The molecule has 0 unspecified atom stereocenters. The molecule has 27 heavy (non-hydrogen) atoms. The fourth-order valence-electron chi connectivity index (χ4n) is 2.44. The molecule has 0 aliphatic heterocycles. The number of nitrogens with one attached hydrogen (secondary N) is 1. The summed E-state index contributed by atoms with van der Waals surface area (Å²) in [7, 11) is 0. The van der Waals surface area contributed by atoms with Crippen molar-refractivity contribution in [1.82, 2.24) is 4.98 Å². The van der Waals surface area contributed by atoms with E-state index in [0.717, 1.165) is 16.1 Å².